The second-order valence-corrected chi connectivity index (χ2v) is 4.16. The number of nitrogens with zero attached hydrogens (tertiary/aromatic N) is 12. The molecule has 120 valence electrons. The third-order valence-electron chi connectivity index (χ3n) is 2.08. The molecule has 3 aromatic heterocycles. The Morgan fingerprint density at radius 2 is 1.05 bits per heavy atom. The van der Waals surface area contributed by atoms with E-state index in [1.165, 1.54) is 19.0 Å². The fourth-order valence-corrected chi connectivity index (χ4v) is 1.16. The van der Waals surface area contributed by atoms with E-state index in [2.05, 4.69) is 41.2 Å². The van der Waals surface area contributed by atoms with E-state index < -0.39 is 0 Å². The Balaban J connectivity index is 0.000000166. The molecule has 0 spiro atoms. The maximum Gasteiger partial charge on any atom is 0.363 e. The zero-order valence-corrected chi connectivity index (χ0v) is 13.3. The van der Waals surface area contributed by atoms with E-state index in [1.807, 2.05) is 0 Å². The summed E-state index contributed by atoms with van der Waals surface area (Å²) in [5, 5.41) is 28.9. The number of aromatic nitrogens is 12. The lowest BCUT2D eigenvalue weighted by Crippen LogP contribution is -2.20. The van der Waals surface area contributed by atoms with Gasteiger partial charge in [0.15, 0.2) is 11.6 Å². The molecule has 0 saturated carbocycles. The van der Waals surface area contributed by atoms with Crippen molar-refractivity contribution in [2.75, 3.05) is 0 Å². The Kier molecular flexibility index (Phi) is 5.97. The zero-order valence-electron chi connectivity index (χ0n) is 13.3. The van der Waals surface area contributed by atoms with Gasteiger partial charge in [0.1, 0.15) is 0 Å². The van der Waals surface area contributed by atoms with Gasteiger partial charge in [-0.3, -0.25) is 0 Å². The Hall–Kier alpha value is -2.99. The van der Waals surface area contributed by atoms with Crippen LogP contribution in [0.1, 0.15) is 11.6 Å². The molecule has 3 rings (SSSR count). The van der Waals surface area contributed by atoms with Crippen LogP contribution in [0, 0.1) is 13.8 Å². The summed E-state index contributed by atoms with van der Waals surface area (Å²) in [6.07, 6.45) is 0. The van der Waals surface area contributed by atoms with Crippen LogP contribution >= 0.6 is 0 Å². The molecule has 0 unspecified atom stereocenters. The summed E-state index contributed by atoms with van der Waals surface area (Å²) in [4.78, 5) is 13.4. The lowest BCUT2D eigenvalue weighted by Gasteiger charge is -1.76. The van der Waals surface area contributed by atoms with Crippen LogP contribution in [0.2, 0.25) is 0 Å². The van der Waals surface area contributed by atoms with E-state index >= 15 is 0 Å². The lowest BCUT2D eigenvalue weighted by molar-refractivity contribution is 0.628. The summed E-state index contributed by atoms with van der Waals surface area (Å²) in [7, 11) is 6.57. The van der Waals surface area contributed by atoms with Gasteiger partial charge in [0.2, 0.25) is 0 Å². The third kappa shape index (κ3) is 5.56. The van der Waals surface area contributed by atoms with Gasteiger partial charge in [-0.25, -0.2) is 4.79 Å². The number of hydrogen-bond acceptors (Lipinski definition) is 9. The summed E-state index contributed by atoms with van der Waals surface area (Å²) in [5.41, 5.74) is -0.204. The van der Waals surface area contributed by atoms with Gasteiger partial charge in [-0.1, -0.05) is 0 Å². The molecular weight excluding hydrogens is 292 g/mol. The molecule has 0 N–H and O–H groups in total. The van der Waals surface area contributed by atoms with Gasteiger partial charge in [-0.05, 0) is 34.7 Å². The van der Waals surface area contributed by atoms with Gasteiger partial charge >= 0.3 is 5.69 Å². The van der Waals surface area contributed by atoms with Gasteiger partial charge in [0.05, 0.1) is 14.1 Å². The summed E-state index contributed by atoms with van der Waals surface area (Å²) >= 11 is 0. The number of rotatable bonds is 0. The maximum absolute atomic E-state index is 10.6. The van der Waals surface area contributed by atoms with Crippen LogP contribution in [-0.4, -0.2) is 60.2 Å². The molecule has 3 heterocycles. The van der Waals surface area contributed by atoms with Crippen molar-refractivity contribution >= 4 is 0 Å². The summed E-state index contributed by atoms with van der Waals surface area (Å²) in [5.74, 6) is 1.42. The molecule has 0 aliphatic carbocycles. The molecule has 0 aliphatic rings. The Labute approximate surface area is 125 Å². The van der Waals surface area contributed by atoms with Crippen molar-refractivity contribution in [2.45, 2.75) is 13.8 Å². The Morgan fingerprint density at radius 3 is 1.14 bits per heavy atom. The monoisotopic (exact) mass is 310 g/mol. The van der Waals surface area contributed by atoms with Crippen LogP contribution in [0.5, 0.6) is 0 Å². The quantitative estimate of drug-likeness (QED) is 0.442. The highest BCUT2D eigenvalue weighted by atomic mass is 16.2. The van der Waals surface area contributed by atoms with Gasteiger partial charge < -0.3 is 0 Å². The maximum atomic E-state index is 10.6. The van der Waals surface area contributed by atoms with Crippen molar-refractivity contribution in [2.24, 2.45) is 28.2 Å². The molecule has 0 bridgehead atoms. The zero-order chi connectivity index (χ0) is 16.7. The molecule has 13 heteroatoms. The fourth-order valence-electron chi connectivity index (χ4n) is 1.16. The van der Waals surface area contributed by atoms with Crippen LogP contribution in [0.15, 0.2) is 4.79 Å². The van der Waals surface area contributed by atoms with Gasteiger partial charge in [0.25, 0.3) is 0 Å². The topological polar surface area (TPSA) is 140 Å². The fraction of sp³-hybridized carbons (Fsp3) is 0.667. The SMILES string of the molecule is Cc1nnn(C)n1.Cc1nnn(C)n1.Cn1nnn(C)c1=O. The lowest BCUT2D eigenvalue weighted by atomic mass is 10.8. The van der Waals surface area contributed by atoms with Crippen molar-refractivity contribution < 1.29 is 0 Å². The molecule has 22 heavy (non-hydrogen) atoms. The molecule has 0 aromatic carbocycles. The van der Waals surface area contributed by atoms with Crippen LogP contribution in [0.4, 0.5) is 0 Å². The van der Waals surface area contributed by atoms with Crippen LogP contribution in [0.25, 0.3) is 0 Å². The van der Waals surface area contributed by atoms with Crippen LogP contribution in [0.3, 0.4) is 0 Å². The molecule has 0 aliphatic heterocycles. The normalized spacial score (nSPS) is 9.55. The number of tetrazole rings is 3. The first-order chi connectivity index (χ1) is 10.3. The van der Waals surface area contributed by atoms with Crippen LogP contribution in [-0.2, 0) is 28.2 Å². The molecule has 3 aromatic rings. The summed E-state index contributed by atoms with van der Waals surface area (Å²) < 4.78 is 2.33. The largest absolute Gasteiger partial charge is 0.363 e. The standard InChI is InChI=1S/C3H6N4O.2C3H6N4/c1-6-3(8)7(2)5-4-6;2*1-3-4-6-7(2)5-3/h1-2H3;2*1-2H3. The molecule has 0 radical (unpaired) electrons. The van der Waals surface area contributed by atoms with Crippen molar-refractivity contribution in [1.82, 2.24) is 60.2 Å². The molecular formula is C9H18N12O. The third-order valence-corrected chi connectivity index (χ3v) is 2.08. The molecule has 0 fully saturated rings. The Bertz CT molecular complexity index is 655. The highest BCUT2D eigenvalue weighted by Crippen LogP contribution is 1.74. The van der Waals surface area contributed by atoms with Crippen molar-refractivity contribution in [3.63, 3.8) is 0 Å². The van der Waals surface area contributed by atoms with Crippen LogP contribution < -0.4 is 5.69 Å². The minimum atomic E-state index is -0.204. The molecule has 13 nitrogen and oxygen atoms in total. The van der Waals surface area contributed by atoms with Crippen molar-refractivity contribution in [3.8, 4) is 0 Å². The van der Waals surface area contributed by atoms with E-state index in [0.29, 0.717) is 11.6 Å². The van der Waals surface area contributed by atoms with E-state index in [1.54, 1.807) is 42.0 Å². The van der Waals surface area contributed by atoms with E-state index in [9.17, 15) is 4.79 Å². The van der Waals surface area contributed by atoms with Gasteiger partial charge in [-0.2, -0.15) is 19.0 Å². The predicted octanol–water partition coefficient (Wildman–Crippen LogP) is -2.45. The average Bonchev–Trinajstić information content (AvgIpc) is 3.10. The second kappa shape index (κ2) is 7.70. The number of aryl methyl sites for hydroxylation is 6. The smallest absolute Gasteiger partial charge is 0.244 e. The summed E-state index contributed by atoms with van der Waals surface area (Å²) in [6.45, 7) is 3.60. The minimum absolute atomic E-state index is 0.204. The Morgan fingerprint density at radius 1 is 0.682 bits per heavy atom. The van der Waals surface area contributed by atoms with Gasteiger partial charge in [-0.15, -0.1) is 20.4 Å². The number of hydrogen-bond donors (Lipinski definition) is 0. The van der Waals surface area contributed by atoms with Crippen molar-refractivity contribution in [3.05, 3.63) is 22.1 Å². The molecule has 0 saturated heterocycles. The average molecular weight is 310 g/mol. The molecule has 0 amide bonds. The predicted molar refractivity (Wildman–Crippen MR) is 73.3 cm³/mol. The van der Waals surface area contributed by atoms with E-state index in [4.69, 9.17) is 0 Å². The van der Waals surface area contributed by atoms with Crippen molar-refractivity contribution in [1.29, 1.82) is 0 Å². The van der Waals surface area contributed by atoms with Gasteiger partial charge in [0, 0.05) is 14.1 Å². The highest BCUT2D eigenvalue weighted by Gasteiger charge is 1.93. The first-order valence-corrected chi connectivity index (χ1v) is 6.13. The first kappa shape index (κ1) is 17.1. The highest BCUT2D eigenvalue weighted by molar-refractivity contribution is 4.65. The minimum Gasteiger partial charge on any atom is -0.244 e. The second-order valence-electron chi connectivity index (χ2n) is 4.16. The van der Waals surface area contributed by atoms with E-state index in [-0.39, 0.29) is 5.69 Å². The first-order valence-electron chi connectivity index (χ1n) is 6.13. The molecule has 0 atom stereocenters. The summed E-state index contributed by atoms with van der Waals surface area (Å²) in [6, 6.07) is 0. The van der Waals surface area contributed by atoms with E-state index in [0.717, 1.165) is 0 Å².